The maximum atomic E-state index is 3.52. The lowest BCUT2D eigenvalue weighted by Crippen LogP contribution is -3.00. The summed E-state index contributed by atoms with van der Waals surface area (Å²) in [4.78, 5) is 0. The van der Waals surface area contributed by atoms with Crippen molar-refractivity contribution in [3.8, 4) is 0 Å². The molecule has 0 fully saturated rings. The summed E-state index contributed by atoms with van der Waals surface area (Å²) in [5, 5.41) is 5.54. The fourth-order valence-corrected chi connectivity index (χ4v) is 8.83. The van der Waals surface area contributed by atoms with E-state index in [2.05, 4.69) is 119 Å². The lowest BCUT2D eigenvalue weighted by atomic mass is 10.1. The van der Waals surface area contributed by atoms with E-state index in [0.29, 0.717) is 0 Å². The quantitative estimate of drug-likeness (QED) is 0.0765. The van der Waals surface area contributed by atoms with E-state index in [1.807, 2.05) is 0 Å². The van der Waals surface area contributed by atoms with Crippen LogP contribution >= 0.6 is 23.2 Å². The second-order valence-electron chi connectivity index (χ2n) is 8.42. The Morgan fingerprint density at radius 2 is 0.909 bits per heavy atom. The van der Waals surface area contributed by atoms with Gasteiger partial charge in [-0.05, 0) is 55.7 Å². The molecule has 0 amide bonds. The minimum atomic E-state index is -1.72. The van der Waals surface area contributed by atoms with Gasteiger partial charge in [0.05, 0.1) is 6.16 Å². The Morgan fingerprint density at radius 1 is 0.515 bits per heavy atom. The van der Waals surface area contributed by atoms with Gasteiger partial charge in [0.25, 0.3) is 0 Å². The van der Waals surface area contributed by atoms with Crippen molar-refractivity contribution in [3.63, 3.8) is 0 Å². The maximum Gasteiger partial charge on any atom is 0.115 e. The average Bonchev–Trinajstić information content (AvgIpc) is 2.87. The van der Waals surface area contributed by atoms with E-state index in [0.717, 1.165) is 11.5 Å². The maximum absolute atomic E-state index is 3.52. The first-order chi connectivity index (χ1) is 15.9. The molecule has 3 aromatic rings. The molecule has 0 saturated carbocycles. The van der Waals surface area contributed by atoms with E-state index in [4.69, 9.17) is 0 Å². The van der Waals surface area contributed by atoms with Crippen LogP contribution in [0.4, 0.5) is 0 Å². The van der Waals surface area contributed by atoms with Crippen molar-refractivity contribution in [1.29, 1.82) is 0 Å². The Morgan fingerprint density at radius 3 is 1.33 bits per heavy atom. The van der Waals surface area contributed by atoms with Crippen LogP contribution in [0.1, 0.15) is 51.4 Å². The normalized spacial score (nSPS) is 11.4. The van der Waals surface area contributed by atoms with Gasteiger partial charge < -0.3 is 24.0 Å². The number of benzene rings is 3. The molecular formula is C30H37BrIP. The zero-order valence-corrected chi connectivity index (χ0v) is 24.2. The molecule has 0 saturated heterocycles. The SMILES string of the molecule is BrCCCCCCCCCC=CC[P+](c1ccccc1)(c1ccccc1)c1ccccc1.[I-]. The molecule has 0 aliphatic rings. The van der Waals surface area contributed by atoms with E-state index in [1.54, 1.807) is 0 Å². The summed E-state index contributed by atoms with van der Waals surface area (Å²) < 4.78 is 0. The van der Waals surface area contributed by atoms with Crippen molar-refractivity contribution in [2.24, 2.45) is 0 Å². The van der Waals surface area contributed by atoms with Crippen LogP contribution in [0.15, 0.2) is 103 Å². The number of halogens is 2. The van der Waals surface area contributed by atoms with Gasteiger partial charge in [-0.15, -0.1) is 0 Å². The van der Waals surface area contributed by atoms with Gasteiger partial charge in [0.1, 0.15) is 23.2 Å². The van der Waals surface area contributed by atoms with Gasteiger partial charge in [0.15, 0.2) is 0 Å². The third-order valence-electron chi connectivity index (χ3n) is 6.14. The molecule has 0 bridgehead atoms. The Hall–Kier alpha value is -0.960. The lowest BCUT2D eigenvalue weighted by Gasteiger charge is -2.26. The predicted octanol–water partition coefficient (Wildman–Crippen LogP) is 5.06. The van der Waals surface area contributed by atoms with Gasteiger partial charge in [-0.1, -0.05) is 115 Å². The standard InChI is InChI=1S/C30H37BrP.HI/c31-26-18-7-5-3-1-2-4-6-8-19-27-32(28-20-12-9-13-21-28,29-22-14-10-15-23-29)30-24-16-11-17-25-30;/h8-17,19-25H,1-7,18,26-27H2;1H/q+1;/p-1. The van der Waals surface area contributed by atoms with Crippen LogP contribution in [0.2, 0.25) is 0 Å². The highest BCUT2D eigenvalue weighted by Crippen LogP contribution is 2.55. The third kappa shape index (κ3) is 8.64. The van der Waals surface area contributed by atoms with Crippen LogP contribution in [-0.2, 0) is 0 Å². The molecule has 0 spiro atoms. The second-order valence-corrected chi connectivity index (χ2v) is 12.7. The van der Waals surface area contributed by atoms with Gasteiger partial charge in [0, 0.05) is 5.33 Å². The van der Waals surface area contributed by atoms with Gasteiger partial charge in [-0.25, -0.2) is 0 Å². The molecule has 33 heavy (non-hydrogen) atoms. The number of allylic oxidation sites excluding steroid dienone is 2. The Labute approximate surface area is 227 Å². The summed E-state index contributed by atoms with van der Waals surface area (Å²) in [7, 11) is -1.72. The summed E-state index contributed by atoms with van der Waals surface area (Å²) in [6, 6.07) is 33.5. The van der Waals surface area contributed by atoms with Crippen molar-refractivity contribution in [2.75, 3.05) is 11.5 Å². The van der Waals surface area contributed by atoms with Gasteiger partial charge in [0.2, 0.25) is 0 Å². The summed E-state index contributed by atoms with van der Waals surface area (Å²) in [6.07, 6.45) is 16.7. The number of hydrogen-bond donors (Lipinski definition) is 0. The first-order valence-electron chi connectivity index (χ1n) is 12.1. The summed E-state index contributed by atoms with van der Waals surface area (Å²) in [5.41, 5.74) is 0. The highest BCUT2D eigenvalue weighted by Gasteiger charge is 2.43. The van der Waals surface area contributed by atoms with E-state index >= 15 is 0 Å². The van der Waals surface area contributed by atoms with Gasteiger partial charge >= 0.3 is 0 Å². The first-order valence-corrected chi connectivity index (χ1v) is 15.2. The van der Waals surface area contributed by atoms with Crippen LogP contribution in [0.3, 0.4) is 0 Å². The molecule has 0 atom stereocenters. The molecule has 176 valence electrons. The lowest BCUT2D eigenvalue weighted by molar-refractivity contribution is -0.00000628. The van der Waals surface area contributed by atoms with E-state index in [1.165, 1.54) is 67.3 Å². The summed E-state index contributed by atoms with van der Waals surface area (Å²) in [6.45, 7) is 0. The number of hydrogen-bond acceptors (Lipinski definition) is 0. The molecule has 0 nitrogen and oxygen atoms in total. The van der Waals surface area contributed by atoms with Gasteiger partial charge in [-0.2, -0.15) is 0 Å². The smallest absolute Gasteiger partial charge is 0.115 e. The number of unbranched alkanes of at least 4 members (excludes halogenated alkanes) is 7. The molecule has 3 rings (SSSR count). The Balaban J connectivity index is 0.00000385. The fraction of sp³-hybridized carbons (Fsp3) is 0.333. The molecule has 3 heteroatoms. The molecular weight excluding hydrogens is 598 g/mol. The molecule has 0 heterocycles. The van der Waals surface area contributed by atoms with E-state index in [9.17, 15) is 0 Å². The van der Waals surface area contributed by atoms with Crippen LogP contribution in [0.5, 0.6) is 0 Å². The van der Waals surface area contributed by atoms with Crippen LogP contribution < -0.4 is 39.9 Å². The van der Waals surface area contributed by atoms with E-state index < -0.39 is 7.26 Å². The van der Waals surface area contributed by atoms with Crippen molar-refractivity contribution < 1.29 is 24.0 Å². The average molecular weight is 635 g/mol. The van der Waals surface area contributed by atoms with Crippen molar-refractivity contribution in [2.45, 2.75) is 51.4 Å². The predicted molar refractivity (Wildman–Crippen MR) is 150 cm³/mol. The van der Waals surface area contributed by atoms with E-state index in [-0.39, 0.29) is 24.0 Å². The second kappa shape index (κ2) is 16.6. The van der Waals surface area contributed by atoms with Crippen LogP contribution in [0, 0.1) is 0 Å². The monoisotopic (exact) mass is 634 g/mol. The molecule has 0 aromatic heterocycles. The van der Waals surface area contributed by atoms with Crippen LogP contribution in [0.25, 0.3) is 0 Å². The zero-order valence-electron chi connectivity index (χ0n) is 19.6. The Bertz CT molecular complexity index is 800. The number of alkyl halides is 1. The van der Waals surface area contributed by atoms with Crippen molar-refractivity contribution in [3.05, 3.63) is 103 Å². The molecule has 0 N–H and O–H groups in total. The van der Waals surface area contributed by atoms with Crippen LogP contribution in [-0.4, -0.2) is 11.5 Å². The largest absolute Gasteiger partial charge is 1.00 e. The first kappa shape index (κ1) is 28.3. The summed E-state index contributed by atoms with van der Waals surface area (Å²) in [5.74, 6) is 0. The van der Waals surface area contributed by atoms with Crippen molar-refractivity contribution >= 4 is 39.1 Å². The zero-order chi connectivity index (χ0) is 22.3. The highest BCUT2D eigenvalue weighted by atomic mass is 127. The molecule has 0 unspecified atom stereocenters. The summed E-state index contributed by atoms with van der Waals surface area (Å²) >= 11 is 3.52. The topological polar surface area (TPSA) is 0 Å². The third-order valence-corrected chi connectivity index (χ3v) is 11.0. The molecule has 0 radical (unpaired) electrons. The highest BCUT2D eigenvalue weighted by molar-refractivity contribution is 9.09. The molecule has 0 aliphatic carbocycles. The minimum absolute atomic E-state index is 0. The molecule has 0 aliphatic heterocycles. The number of rotatable bonds is 14. The fourth-order valence-electron chi connectivity index (χ4n) is 4.40. The minimum Gasteiger partial charge on any atom is -1.00 e. The molecule has 3 aromatic carbocycles. The Kier molecular flexibility index (Phi) is 14.3. The van der Waals surface area contributed by atoms with Gasteiger partial charge in [-0.3, -0.25) is 0 Å². The van der Waals surface area contributed by atoms with Crippen molar-refractivity contribution in [1.82, 2.24) is 0 Å².